The van der Waals surface area contributed by atoms with Crippen LogP contribution in [0.3, 0.4) is 0 Å². The highest BCUT2D eigenvalue weighted by Gasteiger charge is 2.06. The molecule has 1 N–H and O–H groups in total. The second-order valence-corrected chi connectivity index (χ2v) is 3.00. The van der Waals surface area contributed by atoms with Gasteiger partial charge in [0.25, 0.3) is 0 Å². The fourth-order valence-electron chi connectivity index (χ4n) is 1.36. The van der Waals surface area contributed by atoms with Crippen molar-refractivity contribution >= 4 is 16.7 Å². The van der Waals surface area contributed by atoms with Crippen LogP contribution in [0.25, 0.3) is 10.9 Å². The summed E-state index contributed by atoms with van der Waals surface area (Å²) in [6.45, 7) is 1.45. The maximum Gasteiger partial charge on any atom is 0.248 e. The van der Waals surface area contributed by atoms with Crippen molar-refractivity contribution < 1.29 is 4.79 Å². The first kappa shape index (κ1) is 8.62. The van der Waals surface area contributed by atoms with Gasteiger partial charge in [-0.1, -0.05) is 0 Å². The molecule has 0 atom stereocenters. The van der Waals surface area contributed by atoms with E-state index in [1.165, 1.54) is 19.2 Å². The number of fused-ring (bicyclic) bond motifs is 1. The SMILES string of the molecule is CC(=O)c1nccc2[nH]c(=O)ccc12. The van der Waals surface area contributed by atoms with Crippen LogP contribution in [-0.4, -0.2) is 15.8 Å². The Kier molecular flexibility index (Phi) is 1.89. The van der Waals surface area contributed by atoms with Gasteiger partial charge in [0, 0.05) is 24.6 Å². The monoisotopic (exact) mass is 188 g/mol. The molecule has 2 rings (SSSR count). The molecule has 2 heterocycles. The van der Waals surface area contributed by atoms with Gasteiger partial charge in [-0.15, -0.1) is 0 Å². The van der Waals surface area contributed by atoms with E-state index in [9.17, 15) is 9.59 Å². The highest BCUT2D eigenvalue weighted by molar-refractivity contribution is 6.04. The zero-order valence-corrected chi connectivity index (χ0v) is 7.57. The number of nitrogens with one attached hydrogen (secondary N) is 1. The number of Topliss-reactive ketones (excluding diaryl/α,β-unsaturated/α-hetero) is 1. The van der Waals surface area contributed by atoms with Crippen molar-refractivity contribution in [2.75, 3.05) is 0 Å². The van der Waals surface area contributed by atoms with E-state index in [4.69, 9.17) is 0 Å². The molecule has 0 unspecified atom stereocenters. The van der Waals surface area contributed by atoms with Crippen LogP contribution in [0.5, 0.6) is 0 Å². The zero-order valence-electron chi connectivity index (χ0n) is 7.57. The Morgan fingerprint density at radius 1 is 1.36 bits per heavy atom. The molecule has 0 amide bonds. The Hall–Kier alpha value is -1.97. The van der Waals surface area contributed by atoms with Gasteiger partial charge < -0.3 is 4.98 Å². The highest BCUT2D eigenvalue weighted by Crippen LogP contribution is 2.12. The number of H-pyrrole nitrogens is 1. The van der Waals surface area contributed by atoms with Gasteiger partial charge in [0.2, 0.25) is 5.56 Å². The van der Waals surface area contributed by atoms with Crippen molar-refractivity contribution in [3.8, 4) is 0 Å². The molecular weight excluding hydrogens is 180 g/mol. The number of carbonyl (C=O) groups is 1. The van der Waals surface area contributed by atoms with E-state index >= 15 is 0 Å². The lowest BCUT2D eigenvalue weighted by Gasteiger charge is -2.00. The van der Waals surface area contributed by atoms with E-state index in [0.717, 1.165) is 0 Å². The number of pyridine rings is 2. The predicted octanol–water partition coefficient (Wildman–Crippen LogP) is 1.13. The molecule has 0 saturated heterocycles. The maximum absolute atomic E-state index is 11.2. The van der Waals surface area contributed by atoms with Gasteiger partial charge in [-0.3, -0.25) is 14.6 Å². The van der Waals surface area contributed by atoms with E-state index in [1.54, 1.807) is 12.1 Å². The van der Waals surface area contributed by atoms with E-state index in [2.05, 4.69) is 9.97 Å². The number of hydrogen-bond donors (Lipinski definition) is 1. The minimum absolute atomic E-state index is 0.109. The number of rotatable bonds is 1. The van der Waals surface area contributed by atoms with Gasteiger partial charge >= 0.3 is 0 Å². The number of nitrogens with zero attached hydrogens (tertiary/aromatic N) is 1. The molecule has 14 heavy (non-hydrogen) atoms. The molecule has 4 nitrogen and oxygen atoms in total. The van der Waals surface area contributed by atoms with Gasteiger partial charge in [0.05, 0.1) is 5.52 Å². The molecule has 70 valence electrons. The first-order valence-electron chi connectivity index (χ1n) is 4.17. The normalized spacial score (nSPS) is 10.4. The Morgan fingerprint density at radius 2 is 2.14 bits per heavy atom. The summed E-state index contributed by atoms with van der Waals surface area (Å²) in [5.41, 5.74) is 0.842. The molecule has 2 aromatic heterocycles. The second-order valence-electron chi connectivity index (χ2n) is 3.00. The summed E-state index contributed by atoms with van der Waals surface area (Å²) >= 11 is 0. The van der Waals surface area contributed by atoms with Gasteiger partial charge in [-0.2, -0.15) is 0 Å². The van der Waals surface area contributed by atoms with Crippen LogP contribution in [0.1, 0.15) is 17.4 Å². The summed E-state index contributed by atoms with van der Waals surface area (Å²) in [6.07, 6.45) is 1.51. The van der Waals surface area contributed by atoms with Crippen molar-refractivity contribution in [1.82, 2.24) is 9.97 Å². The van der Waals surface area contributed by atoms with Crippen molar-refractivity contribution in [3.05, 3.63) is 40.4 Å². The standard InChI is InChI=1S/C10H8N2O2/c1-6(13)10-7-2-3-9(14)12-8(7)4-5-11-10/h2-5H,1H3,(H,12,14). The highest BCUT2D eigenvalue weighted by atomic mass is 16.1. The topological polar surface area (TPSA) is 62.8 Å². The Labute approximate surface area is 79.6 Å². The maximum atomic E-state index is 11.2. The van der Waals surface area contributed by atoms with Gasteiger partial charge in [0.1, 0.15) is 5.69 Å². The number of carbonyl (C=O) groups excluding carboxylic acids is 1. The summed E-state index contributed by atoms with van der Waals surface area (Å²) in [7, 11) is 0. The van der Waals surface area contributed by atoms with Crippen LogP contribution in [0.2, 0.25) is 0 Å². The average Bonchev–Trinajstić information content (AvgIpc) is 2.16. The number of hydrogen-bond acceptors (Lipinski definition) is 3. The molecule has 0 radical (unpaired) electrons. The number of ketones is 1. The van der Waals surface area contributed by atoms with E-state index in [1.807, 2.05) is 0 Å². The Balaban J connectivity index is 2.88. The quantitative estimate of drug-likeness (QED) is 0.682. The summed E-state index contributed by atoms with van der Waals surface area (Å²) in [4.78, 5) is 28.8. The van der Waals surface area contributed by atoms with Crippen LogP contribution < -0.4 is 5.56 Å². The number of aromatic nitrogens is 2. The second kappa shape index (κ2) is 3.06. The largest absolute Gasteiger partial charge is 0.322 e. The minimum Gasteiger partial charge on any atom is -0.322 e. The Bertz CT molecular complexity index is 557. The fourth-order valence-corrected chi connectivity index (χ4v) is 1.36. The van der Waals surface area contributed by atoms with Crippen molar-refractivity contribution in [1.29, 1.82) is 0 Å². The lowest BCUT2D eigenvalue weighted by atomic mass is 10.1. The van der Waals surface area contributed by atoms with Crippen LogP contribution in [-0.2, 0) is 0 Å². The summed E-state index contributed by atoms with van der Waals surface area (Å²) in [5.74, 6) is -0.109. The molecule has 2 aromatic rings. The van der Waals surface area contributed by atoms with E-state index < -0.39 is 0 Å². The van der Waals surface area contributed by atoms with Crippen molar-refractivity contribution in [2.24, 2.45) is 0 Å². The van der Waals surface area contributed by atoms with E-state index in [0.29, 0.717) is 16.6 Å². The van der Waals surface area contributed by atoms with E-state index in [-0.39, 0.29) is 11.3 Å². The molecular formula is C10H8N2O2. The molecule has 0 saturated carbocycles. The molecule has 0 aromatic carbocycles. The zero-order chi connectivity index (χ0) is 10.1. The van der Waals surface area contributed by atoms with Gasteiger partial charge in [-0.05, 0) is 12.1 Å². The summed E-state index contributed by atoms with van der Waals surface area (Å²) < 4.78 is 0. The van der Waals surface area contributed by atoms with Crippen LogP contribution >= 0.6 is 0 Å². The predicted molar refractivity (Wildman–Crippen MR) is 52.4 cm³/mol. The molecule has 0 aliphatic rings. The van der Waals surface area contributed by atoms with Crippen LogP contribution in [0.15, 0.2) is 29.2 Å². The average molecular weight is 188 g/mol. The van der Waals surface area contributed by atoms with Crippen LogP contribution in [0.4, 0.5) is 0 Å². The van der Waals surface area contributed by atoms with Crippen molar-refractivity contribution in [3.63, 3.8) is 0 Å². The molecule has 0 spiro atoms. The lowest BCUT2D eigenvalue weighted by Crippen LogP contribution is -2.05. The van der Waals surface area contributed by atoms with Gasteiger partial charge in [-0.25, -0.2) is 0 Å². The molecule has 0 bridgehead atoms. The fraction of sp³-hybridized carbons (Fsp3) is 0.100. The van der Waals surface area contributed by atoms with Crippen molar-refractivity contribution in [2.45, 2.75) is 6.92 Å². The Morgan fingerprint density at radius 3 is 2.86 bits per heavy atom. The molecule has 0 aliphatic heterocycles. The number of aromatic amines is 1. The molecule has 0 fully saturated rings. The first-order valence-corrected chi connectivity index (χ1v) is 4.17. The molecule has 0 aliphatic carbocycles. The first-order chi connectivity index (χ1) is 6.68. The third-order valence-corrected chi connectivity index (χ3v) is 1.98. The van der Waals surface area contributed by atoms with Gasteiger partial charge in [0.15, 0.2) is 5.78 Å². The molecule has 4 heteroatoms. The smallest absolute Gasteiger partial charge is 0.248 e. The van der Waals surface area contributed by atoms with Crippen LogP contribution in [0, 0.1) is 0 Å². The summed E-state index contributed by atoms with van der Waals surface area (Å²) in [5, 5.41) is 0.680. The third-order valence-electron chi connectivity index (χ3n) is 1.98. The summed E-state index contributed by atoms with van der Waals surface area (Å²) in [6, 6.07) is 4.66. The minimum atomic E-state index is -0.182. The third kappa shape index (κ3) is 1.31. The lowest BCUT2D eigenvalue weighted by molar-refractivity contribution is 0.101.